The second kappa shape index (κ2) is 2.71. The van der Waals surface area contributed by atoms with Gasteiger partial charge in [0.05, 0.1) is 17.2 Å². The second-order valence-electron chi connectivity index (χ2n) is 4.70. The lowest BCUT2D eigenvalue weighted by Gasteiger charge is -2.11. The first kappa shape index (κ1) is 9.96. The molecule has 0 aromatic heterocycles. The van der Waals surface area contributed by atoms with Crippen LogP contribution in [0.2, 0.25) is 0 Å². The highest BCUT2D eigenvalue weighted by molar-refractivity contribution is 7.90. The summed E-state index contributed by atoms with van der Waals surface area (Å²) in [7, 11) is -3.21. The van der Waals surface area contributed by atoms with Crippen LogP contribution in [0.1, 0.15) is 18.4 Å². The summed E-state index contributed by atoms with van der Waals surface area (Å²) in [6.07, 6.45) is 3.21. The molecule has 0 atom stereocenters. The quantitative estimate of drug-likeness (QED) is 0.745. The van der Waals surface area contributed by atoms with Crippen LogP contribution >= 0.6 is 0 Å². The summed E-state index contributed by atoms with van der Waals surface area (Å²) in [5, 5.41) is 0. The van der Waals surface area contributed by atoms with Gasteiger partial charge in [0.25, 0.3) is 0 Å². The van der Waals surface area contributed by atoms with Gasteiger partial charge in [-0.2, -0.15) is 0 Å². The van der Waals surface area contributed by atoms with E-state index in [9.17, 15) is 8.42 Å². The minimum absolute atomic E-state index is 0.0663. The van der Waals surface area contributed by atoms with Gasteiger partial charge in [0.2, 0.25) is 0 Å². The van der Waals surface area contributed by atoms with Crippen molar-refractivity contribution in [3.8, 4) is 5.75 Å². The number of benzene rings is 1. The van der Waals surface area contributed by atoms with Gasteiger partial charge in [-0.1, -0.05) is 0 Å². The first-order valence-electron chi connectivity index (χ1n) is 5.20. The van der Waals surface area contributed by atoms with Crippen LogP contribution in [0, 0.1) is 0 Å². The third kappa shape index (κ3) is 1.18. The van der Waals surface area contributed by atoms with Crippen LogP contribution in [0.15, 0.2) is 17.0 Å². The summed E-state index contributed by atoms with van der Waals surface area (Å²) < 4.78 is 29.0. The van der Waals surface area contributed by atoms with Gasteiger partial charge >= 0.3 is 0 Å². The summed E-state index contributed by atoms with van der Waals surface area (Å²) in [4.78, 5) is 0.381. The van der Waals surface area contributed by atoms with Crippen LogP contribution in [-0.2, 0) is 15.3 Å². The molecule has 16 heavy (non-hydrogen) atoms. The average molecular weight is 239 g/mol. The summed E-state index contributed by atoms with van der Waals surface area (Å²) in [6, 6.07) is 3.20. The van der Waals surface area contributed by atoms with Gasteiger partial charge in [-0.05, 0) is 25.0 Å². The van der Waals surface area contributed by atoms with Crippen LogP contribution in [0.5, 0.6) is 5.75 Å². The van der Waals surface area contributed by atoms with E-state index in [0.29, 0.717) is 22.9 Å². The Balaban J connectivity index is 2.34. The maximum absolute atomic E-state index is 11.7. The van der Waals surface area contributed by atoms with Crippen molar-refractivity contribution in [3.05, 3.63) is 17.7 Å². The molecule has 0 saturated heterocycles. The molecule has 1 fully saturated rings. The molecule has 0 unspecified atom stereocenters. The Kier molecular flexibility index (Phi) is 1.69. The number of anilines is 1. The van der Waals surface area contributed by atoms with Crippen LogP contribution in [0.3, 0.4) is 0 Å². The van der Waals surface area contributed by atoms with E-state index >= 15 is 0 Å². The molecule has 1 saturated carbocycles. The van der Waals surface area contributed by atoms with Gasteiger partial charge in [0.15, 0.2) is 9.84 Å². The van der Waals surface area contributed by atoms with E-state index in [0.717, 1.165) is 18.4 Å². The third-order valence-electron chi connectivity index (χ3n) is 3.43. The fourth-order valence-electron chi connectivity index (χ4n) is 2.38. The number of sulfone groups is 1. The first-order valence-corrected chi connectivity index (χ1v) is 7.09. The zero-order valence-electron chi connectivity index (χ0n) is 8.99. The number of fused-ring (bicyclic) bond motifs is 2. The van der Waals surface area contributed by atoms with Crippen LogP contribution in [0.4, 0.5) is 5.69 Å². The lowest BCUT2D eigenvalue weighted by molar-refractivity contribution is 0.325. The Bertz CT molecular complexity index is 573. The molecule has 0 amide bonds. The topological polar surface area (TPSA) is 69.4 Å². The van der Waals surface area contributed by atoms with Crippen molar-refractivity contribution in [2.45, 2.75) is 23.2 Å². The number of rotatable bonds is 1. The molecule has 1 aromatic rings. The highest BCUT2D eigenvalue weighted by Gasteiger charge is 2.53. The van der Waals surface area contributed by atoms with E-state index in [-0.39, 0.29) is 5.41 Å². The predicted molar refractivity (Wildman–Crippen MR) is 60.4 cm³/mol. The molecular formula is C11H13NO3S. The molecular weight excluding hydrogens is 226 g/mol. The SMILES string of the molecule is CS(=O)(=O)c1ccc(N)c2c1C1(CC1)CO2. The Labute approximate surface area is 94.3 Å². The zero-order valence-corrected chi connectivity index (χ0v) is 9.80. The Morgan fingerprint density at radius 1 is 1.38 bits per heavy atom. The molecule has 1 heterocycles. The van der Waals surface area contributed by atoms with Crippen molar-refractivity contribution in [3.63, 3.8) is 0 Å². The van der Waals surface area contributed by atoms with E-state index in [2.05, 4.69) is 0 Å². The van der Waals surface area contributed by atoms with E-state index < -0.39 is 9.84 Å². The molecule has 1 aliphatic heterocycles. The standard InChI is InChI=1S/C11H13NO3S/c1-16(13,14)8-3-2-7(12)10-9(8)11(4-5-11)6-15-10/h2-3H,4-6,12H2,1H3. The molecule has 2 N–H and O–H groups in total. The first-order chi connectivity index (χ1) is 7.44. The maximum atomic E-state index is 11.7. The van der Waals surface area contributed by atoms with E-state index in [1.807, 2.05) is 0 Å². The molecule has 1 aliphatic carbocycles. The third-order valence-corrected chi connectivity index (χ3v) is 4.57. The number of hydrogen-bond acceptors (Lipinski definition) is 4. The van der Waals surface area contributed by atoms with E-state index in [1.54, 1.807) is 12.1 Å². The number of ether oxygens (including phenoxy) is 1. The minimum atomic E-state index is -3.21. The summed E-state index contributed by atoms with van der Waals surface area (Å²) in [5.41, 5.74) is 7.10. The van der Waals surface area contributed by atoms with Gasteiger partial charge in [-0.25, -0.2) is 8.42 Å². The monoisotopic (exact) mass is 239 g/mol. The van der Waals surface area contributed by atoms with Gasteiger partial charge < -0.3 is 10.5 Å². The number of nitrogens with two attached hydrogens (primary N) is 1. The van der Waals surface area contributed by atoms with E-state index in [4.69, 9.17) is 10.5 Å². The number of hydrogen-bond donors (Lipinski definition) is 1. The lowest BCUT2D eigenvalue weighted by Crippen LogP contribution is -2.11. The predicted octanol–water partition coefficient (Wildman–Crippen LogP) is 1.10. The molecule has 1 spiro atoms. The van der Waals surface area contributed by atoms with Gasteiger partial charge in [0, 0.05) is 17.2 Å². The molecule has 2 aliphatic rings. The lowest BCUT2D eigenvalue weighted by atomic mass is 9.98. The smallest absolute Gasteiger partial charge is 0.175 e. The highest BCUT2D eigenvalue weighted by atomic mass is 32.2. The van der Waals surface area contributed by atoms with Crippen molar-refractivity contribution in [1.29, 1.82) is 0 Å². The Hall–Kier alpha value is -1.23. The number of nitrogen functional groups attached to an aromatic ring is 1. The second-order valence-corrected chi connectivity index (χ2v) is 6.68. The van der Waals surface area contributed by atoms with Gasteiger partial charge in [-0.3, -0.25) is 0 Å². The zero-order chi connectivity index (χ0) is 11.6. The van der Waals surface area contributed by atoms with Crippen molar-refractivity contribution in [2.75, 3.05) is 18.6 Å². The van der Waals surface area contributed by atoms with Crippen molar-refractivity contribution >= 4 is 15.5 Å². The van der Waals surface area contributed by atoms with Gasteiger partial charge in [-0.15, -0.1) is 0 Å². The fraction of sp³-hybridized carbons (Fsp3) is 0.455. The van der Waals surface area contributed by atoms with Crippen molar-refractivity contribution in [1.82, 2.24) is 0 Å². The van der Waals surface area contributed by atoms with E-state index in [1.165, 1.54) is 6.26 Å². The average Bonchev–Trinajstić information content (AvgIpc) is 2.84. The Morgan fingerprint density at radius 3 is 2.62 bits per heavy atom. The van der Waals surface area contributed by atoms with Crippen molar-refractivity contribution in [2.24, 2.45) is 0 Å². The summed E-state index contributed by atoms with van der Waals surface area (Å²) in [5.74, 6) is 0.584. The molecule has 3 rings (SSSR count). The van der Waals surface area contributed by atoms with Crippen LogP contribution in [-0.4, -0.2) is 21.3 Å². The molecule has 4 nitrogen and oxygen atoms in total. The van der Waals surface area contributed by atoms with Crippen LogP contribution in [0.25, 0.3) is 0 Å². The van der Waals surface area contributed by atoms with Crippen LogP contribution < -0.4 is 10.5 Å². The molecule has 5 heteroatoms. The molecule has 0 bridgehead atoms. The Morgan fingerprint density at radius 2 is 2.06 bits per heavy atom. The maximum Gasteiger partial charge on any atom is 0.175 e. The summed E-state index contributed by atoms with van der Waals surface area (Å²) >= 11 is 0. The minimum Gasteiger partial charge on any atom is -0.490 e. The molecule has 0 radical (unpaired) electrons. The van der Waals surface area contributed by atoms with Gasteiger partial charge in [0.1, 0.15) is 5.75 Å². The fourth-order valence-corrected chi connectivity index (χ4v) is 3.37. The highest BCUT2D eigenvalue weighted by Crippen LogP contribution is 2.58. The summed E-state index contributed by atoms with van der Waals surface area (Å²) in [6.45, 7) is 0.569. The van der Waals surface area contributed by atoms with Crippen molar-refractivity contribution < 1.29 is 13.2 Å². The normalized spacial score (nSPS) is 20.6. The molecule has 1 aromatic carbocycles. The molecule has 86 valence electrons. The largest absolute Gasteiger partial charge is 0.490 e.